The van der Waals surface area contributed by atoms with E-state index in [4.69, 9.17) is 4.74 Å². The third-order valence-corrected chi connectivity index (χ3v) is 6.23. The van der Waals surface area contributed by atoms with Gasteiger partial charge in [0.05, 0.1) is 0 Å². The van der Waals surface area contributed by atoms with Crippen LogP contribution in [0.25, 0.3) is 0 Å². The van der Waals surface area contributed by atoms with E-state index in [0.29, 0.717) is 11.9 Å². The monoisotopic (exact) mass is 262 g/mol. The van der Waals surface area contributed by atoms with Gasteiger partial charge in [-0.3, -0.25) is 0 Å². The average Bonchev–Trinajstić information content (AvgIpc) is 2.38. The first-order valence-corrected chi connectivity index (χ1v) is 9.17. The summed E-state index contributed by atoms with van der Waals surface area (Å²) in [4.78, 5) is 11.8. The molecule has 0 N–H and O–H groups in total. The van der Waals surface area contributed by atoms with Crippen LogP contribution in [-0.2, 0) is 4.74 Å². The molecule has 1 aromatic carbocycles. The van der Waals surface area contributed by atoms with E-state index in [2.05, 4.69) is 20.7 Å². The summed E-state index contributed by atoms with van der Waals surface area (Å²) >= 11 is 0. The zero-order valence-electron chi connectivity index (χ0n) is 10.9. The second-order valence-corrected chi connectivity index (χ2v) is 9.46. The van der Waals surface area contributed by atoms with Crippen molar-refractivity contribution in [3.63, 3.8) is 0 Å². The van der Waals surface area contributed by atoms with Crippen molar-refractivity contribution in [2.24, 2.45) is 0 Å². The molecule has 1 rings (SSSR count). The molecular weight excluding hydrogens is 242 g/mol. The molecule has 0 heterocycles. The van der Waals surface area contributed by atoms with Gasteiger partial charge in [-0.25, -0.2) is 0 Å². The van der Waals surface area contributed by atoms with Crippen LogP contribution < -0.4 is 0 Å². The molecule has 0 radical (unpaired) electrons. The fraction of sp³-hybridized carbons (Fsp3) is 0.214. The number of rotatable bonds is 7. The standard InChI is InChI=1S/C14H20BO2P/c1-3-10-18(15,11-4-2)12-17-14(16)13-8-6-5-7-9-13/h3-9,18H,1-2,10-12,15H2. The summed E-state index contributed by atoms with van der Waals surface area (Å²) in [6, 6.07) is 9.08. The fourth-order valence-electron chi connectivity index (χ4n) is 1.80. The van der Waals surface area contributed by atoms with Crippen molar-refractivity contribution in [3.05, 3.63) is 61.2 Å². The van der Waals surface area contributed by atoms with E-state index < -0.39 is 7.14 Å². The van der Waals surface area contributed by atoms with Crippen molar-refractivity contribution < 1.29 is 9.53 Å². The Balaban J connectivity index is 2.60. The van der Waals surface area contributed by atoms with Crippen molar-refractivity contribution in [2.45, 2.75) is 0 Å². The molecule has 0 bridgehead atoms. The number of benzene rings is 1. The predicted molar refractivity (Wildman–Crippen MR) is 83.7 cm³/mol. The van der Waals surface area contributed by atoms with Crippen molar-refractivity contribution in [1.29, 1.82) is 0 Å². The van der Waals surface area contributed by atoms with E-state index in [1.165, 1.54) is 0 Å². The summed E-state index contributed by atoms with van der Waals surface area (Å²) in [6.07, 6.45) is 6.19. The van der Waals surface area contributed by atoms with E-state index in [1.807, 2.05) is 30.4 Å². The van der Waals surface area contributed by atoms with Crippen LogP contribution in [0.1, 0.15) is 10.4 Å². The van der Waals surface area contributed by atoms with Gasteiger partial charge in [-0.1, -0.05) is 0 Å². The molecule has 0 amide bonds. The van der Waals surface area contributed by atoms with Crippen LogP contribution in [0.5, 0.6) is 0 Å². The Morgan fingerprint density at radius 3 is 2.28 bits per heavy atom. The second kappa shape index (κ2) is 7.18. The molecule has 0 unspecified atom stereocenters. The van der Waals surface area contributed by atoms with Crippen LogP contribution in [0.15, 0.2) is 55.6 Å². The molecule has 0 saturated heterocycles. The van der Waals surface area contributed by atoms with Crippen molar-refractivity contribution in [2.75, 3.05) is 18.7 Å². The number of ether oxygens (including phenoxy) is 1. The Labute approximate surface area is 110 Å². The first kappa shape index (κ1) is 14.7. The van der Waals surface area contributed by atoms with Gasteiger partial charge in [0.15, 0.2) is 0 Å². The van der Waals surface area contributed by atoms with Crippen LogP contribution in [0.2, 0.25) is 0 Å². The molecule has 0 saturated carbocycles. The summed E-state index contributed by atoms with van der Waals surface area (Å²) in [6.45, 7) is 7.55. The Morgan fingerprint density at radius 1 is 1.22 bits per heavy atom. The normalized spacial score (nSPS) is 11.6. The van der Waals surface area contributed by atoms with Crippen LogP contribution in [-0.4, -0.2) is 32.2 Å². The molecule has 0 fully saturated rings. The Morgan fingerprint density at radius 2 is 1.78 bits per heavy atom. The zero-order chi connectivity index (χ0) is 13.4. The third kappa shape index (κ3) is 4.50. The molecule has 0 atom stereocenters. The topological polar surface area (TPSA) is 26.3 Å². The number of carbonyl (C=O) groups is 1. The quantitative estimate of drug-likeness (QED) is 0.326. The van der Waals surface area contributed by atoms with E-state index >= 15 is 0 Å². The molecule has 96 valence electrons. The number of carbonyl (C=O) groups excluding carboxylic acids is 1. The maximum atomic E-state index is 11.8. The fourth-order valence-corrected chi connectivity index (χ4v) is 4.07. The van der Waals surface area contributed by atoms with Crippen LogP contribution in [0, 0.1) is 0 Å². The summed E-state index contributed by atoms with van der Waals surface area (Å²) in [5.41, 5.74) is 0.603. The predicted octanol–water partition coefficient (Wildman–Crippen LogP) is 2.47. The molecule has 0 aliphatic carbocycles. The summed E-state index contributed by atoms with van der Waals surface area (Å²) in [7, 11) is 0.579. The van der Waals surface area contributed by atoms with E-state index in [9.17, 15) is 4.79 Å². The molecule has 4 heteroatoms. The first-order chi connectivity index (χ1) is 8.61. The van der Waals surface area contributed by atoms with Gasteiger partial charge in [-0.15, -0.1) is 0 Å². The number of hydrogen-bond donors (Lipinski definition) is 0. The van der Waals surface area contributed by atoms with Crippen molar-refractivity contribution >= 4 is 20.7 Å². The van der Waals surface area contributed by atoms with Gasteiger partial charge < -0.3 is 0 Å². The van der Waals surface area contributed by atoms with Gasteiger partial charge in [0.25, 0.3) is 0 Å². The van der Waals surface area contributed by atoms with Crippen LogP contribution in [0.4, 0.5) is 0 Å². The number of esters is 1. The third-order valence-electron chi connectivity index (χ3n) is 2.84. The zero-order valence-corrected chi connectivity index (χ0v) is 11.9. The Bertz CT molecular complexity index is 407. The SMILES string of the molecule is B[PH](CC=C)(CC=C)COC(=O)c1ccccc1. The molecule has 18 heavy (non-hydrogen) atoms. The Hall–Kier alpha value is -1.34. The van der Waals surface area contributed by atoms with Gasteiger partial charge in [0, 0.05) is 0 Å². The van der Waals surface area contributed by atoms with Gasteiger partial charge >= 0.3 is 110 Å². The molecule has 0 aliphatic heterocycles. The van der Waals surface area contributed by atoms with Gasteiger partial charge in [0.1, 0.15) is 0 Å². The maximum absolute atomic E-state index is 11.8. The number of hydrogen-bond acceptors (Lipinski definition) is 2. The van der Waals surface area contributed by atoms with Crippen molar-refractivity contribution in [1.82, 2.24) is 0 Å². The van der Waals surface area contributed by atoms with E-state index in [0.717, 1.165) is 12.3 Å². The van der Waals surface area contributed by atoms with Crippen LogP contribution >= 0.6 is 7.14 Å². The minimum atomic E-state index is -1.62. The molecule has 2 nitrogen and oxygen atoms in total. The molecule has 0 spiro atoms. The van der Waals surface area contributed by atoms with Gasteiger partial charge in [-0.05, 0) is 0 Å². The van der Waals surface area contributed by atoms with E-state index in [-0.39, 0.29) is 5.97 Å². The van der Waals surface area contributed by atoms with Gasteiger partial charge in [0.2, 0.25) is 0 Å². The molecule has 1 aromatic rings. The summed E-state index contributed by atoms with van der Waals surface area (Å²) in [5, 5.41) is 0. The van der Waals surface area contributed by atoms with Crippen molar-refractivity contribution in [3.8, 4) is 0 Å². The molecular formula is C14H20BO2P. The number of allylic oxidation sites excluding steroid dienone is 2. The molecule has 0 aromatic heterocycles. The molecule has 0 aliphatic rings. The van der Waals surface area contributed by atoms with E-state index in [1.54, 1.807) is 12.1 Å². The minimum absolute atomic E-state index is 0.248. The first-order valence-electron chi connectivity index (χ1n) is 6.05. The Kier molecular flexibility index (Phi) is 5.87. The summed E-state index contributed by atoms with van der Waals surface area (Å²) in [5.74, 6) is -0.248. The second-order valence-electron chi connectivity index (χ2n) is 4.74. The summed E-state index contributed by atoms with van der Waals surface area (Å²) < 4.78 is 5.43. The average molecular weight is 262 g/mol. The van der Waals surface area contributed by atoms with Gasteiger partial charge in [-0.2, -0.15) is 0 Å². The van der Waals surface area contributed by atoms with Crippen LogP contribution in [0.3, 0.4) is 0 Å².